The first-order valence-corrected chi connectivity index (χ1v) is 7.93. The van der Waals surface area contributed by atoms with Crippen LogP contribution in [0.3, 0.4) is 0 Å². The molecule has 0 atom stereocenters. The second-order valence-electron chi connectivity index (χ2n) is 4.91. The molecular weight excluding hydrogens is 335 g/mol. The number of benzene rings is 2. The summed E-state index contributed by atoms with van der Waals surface area (Å²) < 4.78 is 5.24. The Kier molecular flexibility index (Phi) is 6.56. The van der Waals surface area contributed by atoms with Gasteiger partial charge in [0.2, 0.25) is 0 Å². The molecule has 0 saturated carbocycles. The monoisotopic (exact) mass is 352 g/mol. The normalized spacial score (nSPS) is 10.2. The molecule has 0 fully saturated rings. The molecule has 0 unspecified atom stereocenters. The highest BCUT2D eigenvalue weighted by Crippen LogP contribution is 2.21. The summed E-state index contributed by atoms with van der Waals surface area (Å²) >= 11 is 11.9. The topological polar surface area (TPSA) is 50.4 Å². The maximum atomic E-state index is 11.8. The average Bonchev–Trinajstić information content (AvgIpc) is 2.55. The summed E-state index contributed by atoms with van der Waals surface area (Å²) in [4.78, 5) is 11.8. The molecule has 0 saturated heterocycles. The number of nitrogens with one attached hydrogen (secondary N) is 2. The minimum absolute atomic E-state index is 0.235. The molecule has 2 N–H and O–H groups in total. The first-order chi connectivity index (χ1) is 11.1. The predicted molar refractivity (Wildman–Crippen MR) is 93.4 cm³/mol. The zero-order chi connectivity index (χ0) is 16.7. The lowest BCUT2D eigenvalue weighted by molar-refractivity contribution is 0.240. The van der Waals surface area contributed by atoms with Gasteiger partial charge < -0.3 is 15.4 Å². The fraction of sp³-hybridized carbons (Fsp3) is 0.235. The van der Waals surface area contributed by atoms with Gasteiger partial charge in [-0.3, -0.25) is 0 Å². The van der Waals surface area contributed by atoms with Gasteiger partial charge in [0, 0.05) is 28.7 Å². The number of halogens is 2. The third-order valence-electron chi connectivity index (χ3n) is 3.33. The average molecular weight is 353 g/mol. The zero-order valence-electron chi connectivity index (χ0n) is 12.7. The molecule has 2 amide bonds. The van der Waals surface area contributed by atoms with Gasteiger partial charge >= 0.3 is 6.03 Å². The van der Waals surface area contributed by atoms with Gasteiger partial charge in [-0.2, -0.15) is 0 Å². The molecule has 2 aromatic rings. The van der Waals surface area contributed by atoms with Gasteiger partial charge in [-0.15, -0.1) is 0 Å². The largest absolute Gasteiger partial charge is 0.496 e. The number of rotatable bonds is 6. The van der Waals surface area contributed by atoms with Crippen LogP contribution in [0.25, 0.3) is 0 Å². The second kappa shape index (κ2) is 8.65. The van der Waals surface area contributed by atoms with Crippen molar-refractivity contribution in [1.29, 1.82) is 0 Å². The third-order valence-corrected chi connectivity index (χ3v) is 3.91. The maximum Gasteiger partial charge on any atom is 0.315 e. The molecule has 2 aromatic carbocycles. The van der Waals surface area contributed by atoms with Crippen LogP contribution in [0, 0.1) is 0 Å². The molecule has 2 rings (SSSR count). The number of hydrogen-bond acceptors (Lipinski definition) is 2. The van der Waals surface area contributed by atoms with Crippen molar-refractivity contribution in [1.82, 2.24) is 10.6 Å². The van der Waals surface area contributed by atoms with Crippen LogP contribution in [-0.2, 0) is 13.0 Å². The Morgan fingerprint density at radius 3 is 2.61 bits per heavy atom. The van der Waals surface area contributed by atoms with Gasteiger partial charge in [0.15, 0.2) is 0 Å². The van der Waals surface area contributed by atoms with Crippen molar-refractivity contribution < 1.29 is 9.53 Å². The van der Waals surface area contributed by atoms with Crippen molar-refractivity contribution in [2.75, 3.05) is 13.7 Å². The number of para-hydroxylation sites is 1. The van der Waals surface area contributed by atoms with Crippen LogP contribution in [0.15, 0.2) is 42.5 Å². The van der Waals surface area contributed by atoms with Crippen molar-refractivity contribution in [3.63, 3.8) is 0 Å². The Bertz CT molecular complexity index is 677. The number of methoxy groups -OCH3 is 1. The smallest absolute Gasteiger partial charge is 0.315 e. The number of amides is 2. The SMILES string of the molecule is COc1ccccc1CNC(=O)NCCc1ccc(Cl)cc1Cl. The van der Waals surface area contributed by atoms with Crippen LogP contribution in [0.4, 0.5) is 4.79 Å². The molecule has 0 aromatic heterocycles. The van der Waals surface area contributed by atoms with Gasteiger partial charge in [-0.05, 0) is 30.2 Å². The van der Waals surface area contributed by atoms with Crippen LogP contribution in [-0.4, -0.2) is 19.7 Å². The third kappa shape index (κ3) is 5.34. The molecule has 4 nitrogen and oxygen atoms in total. The van der Waals surface area contributed by atoms with Crippen LogP contribution < -0.4 is 15.4 Å². The minimum Gasteiger partial charge on any atom is -0.496 e. The Hall–Kier alpha value is -1.91. The number of carbonyl (C=O) groups excluding carboxylic acids is 1. The second-order valence-corrected chi connectivity index (χ2v) is 5.75. The molecule has 0 heterocycles. The lowest BCUT2D eigenvalue weighted by Crippen LogP contribution is -2.36. The van der Waals surface area contributed by atoms with Crippen LogP contribution >= 0.6 is 23.2 Å². The summed E-state index contributed by atoms with van der Waals surface area (Å²) in [6, 6.07) is 12.7. The fourth-order valence-corrected chi connectivity index (χ4v) is 2.63. The summed E-state index contributed by atoms with van der Waals surface area (Å²) in [5, 5.41) is 6.80. The number of urea groups is 1. The number of ether oxygens (including phenoxy) is 1. The van der Waals surface area contributed by atoms with E-state index in [0.717, 1.165) is 16.9 Å². The van der Waals surface area contributed by atoms with Crippen molar-refractivity contribution >= 4 is 29.2 Å². The summed E-state index contributed by atoms with van der Waals surface area (Å²) in [5.41, 5.74) is 1.87. The van der Waals surface area contributed by atoms with E-state index in [0.29, 0.717) is 29.6 Å². The van der Waals surface area contributed by atoms with E-state index in [1.165, 1.54) is 0 Å². The lowest BCUT2D eigenvalue weighted by atomic mass is 10.1. The van der Waals surface area contributed by atoms with Crippen molar-refractivity contribution in [2.24, 2.45) is 0 Å². The zero-order valence-corrected chi connectivity index (χ0v) is 14.2. The molecule has 0 aliphatic heterocycles. The maximum absolute atomic E-state index is 11.8. The van der Waals surface area contributed by atoms with Crippen LogP contribution in [0.2, 0.25) is 10.0 Å². The van der Waals surface area contributed by atoms with E-state index >= 15 is 0 Å². The van der Waals surface area contributed by atoms with E-state index in [2.05, 4.69) is 10.6 Å². The minimum atomic E-state index is -0.235. The van der Waals surface area contributed by atoms with Crippen molar-refractivity contribution in [3.05, 3.63) is 63.6 Å². The van der Waals surface area contributed by atoms with Crippen molar-refractivity contribution in [2.45, 2.75) is 13.0 Å². The van der Waals surface area contributed by atoms with Gasteiger partial charge in [0.05, 0.1) is 7.11 Å². The molecule has 0 spiro atoms. The summed E-state index contributed by atoms with van der Waals surface area (Å²) in [7, 11) is 1.61. The highest BCUT2D eigenvalue weighted by atomic mass is 35.5. The Labute approximate surface area is 145 Å². The molecule has 6 heteroatoms. The molecule has 122 valence electrons. The molecule has 0 aliphatic rings. The van der Waals surface area contributed by atoms with Gasteiger partial charge in [0.1, 0.15) is 5.75 Å². The lowest BCUT2D eigenvalue weighted by Gasteiger charge is -2.11. The highest BCUT2D eigenvalue weighted by molar-refractivity contribution is 6.35. The Morgan fingerprint density at radius 1 is 1.09 bits per heavy atom. The van der Waals surface area contributed by atoms with Gasteiger partial charge in [0.25, 0.3) is 0 Å². The van der Waals surface area contributed by atoms with E-state index in [4.69, 9.17) is 27.9 Å². The molecule has 0 radical (unpaired) electrons. The molecule has 0 bridgehead atoms. The quantitative estimate of drug-likeness (QED) is 0.823. The molecule has 0 aliphatic carbocycles. The van der Waals surface area contributed by atoms with E-state index in [-0.39, 0.29) is 6.03 Å². The predicted octanol–water partition coefficient (Wildman–Crippen LogP) is 4.04. The summed E-state index contributed by atoms with van der Waals surface area (Å²) in [6.07, 6.45) is 0.637. The van der Waals surface area contributed by atoms with E-state index in [1.54, 1.807) is 19.2 Å². The van der Waals surface area contributed by atoms with Gasteiger partial charge in [-0.25, -0.2) is 4.79 Å². The highest BCUT2D eigenvalue weighted by Gasteiger charge is 2.05. The van der Waals surface area contributed by atoms with E-state index in [1.807, 2.05) is 30.3 Å². The first kappa shape index (κ1) is 17.4. The first-order valence-electron chi connectivity index (χ1n) is 7.17. The Balaban J connectivity index is 1.77. The van der Waals surface area contributed by atoms with Crippen molar-refractivity contribution in [3.8, 4) is 5.75 Å². The Morgan fingerprint density at radius 2 is 1.87 bits per heavy atom. The van der Waals surface area contributed by atoms with Gasteiger partial charge in [-0.1, -0.05) is 47.5 Å². The molecule has 23 heavy (non-hydrogen) atoms. The van der Waals surface area contributed by atoms with E-state index in [9.17, 15) is 4.79 Å². The number of hydrogen-bond donors (Lipinski definition) is 2. The standard InChI is InChI=1S/C17H18Cl2N2O2/c1-23-16-5-3-2-4-13(16)11-21-17(22)20-9-8-12-6-7-14(18)10-15(12)19/h2-7,10H,8-9,11H2,1H3,(H2,20,21,22). The van der Waals surface area contributed by atoms with Crippen LogP contribution in [0.5, 0.6) is 5.75 Å². The summed E-state index contributed by atoms with van der Waals surface area (Å²) in [5.74, 6) is 0.751. The molecular formula is C17H18Cl2N2O2. The number of carbonyl (C=O) groups is 1. The van der Waals surface area contributed by atoms with Crippen LogP contribution in [0.1, 0.15) is 11.1 Å². The summed E-state index contributed by atoms with van der Waals surface area (Å²) in [6.45, 7) is 0.886. The van der Waals surface area contributed by atoms with E-state index < -0.39 is 0 Å². The fourth-order valence-electron chi connectivity index (χ4n) is 2.12.